The molecule has 1 aromatic heterocycles. The van der Waals surface area contributed by atoms with Gasteiger partial charge in [-0.3, -0.25) is 18.7 Å². The maximum atomic E-state index is 13.6. The van der Waals surface area contributed by atoms with Crippen molar-refractivity contribution < 1.29 is 23.7 Å². The first-order valence-electron chi connectivity index (χ1n) is 10.8. The SMILES string of the molecule is COC(=O)[C@]12COc3ccccc3[C@H]1c1c(n(C)c(=O)n(C)c1=O)O[C@H]2c1ccc(OC)cc1. The number of esters is 1. The van der Waals surface area contributed by atoms with Gasteiger partial charge in [0.1, 0.15) is 24.2 Å². The molecule has 0 radical (unpaired) electrons. The summed E-state index contributed by atoms with van der Waals surface area (Å²) >= 11 is 0. The van der Waals surface area contributed by atoms with Gasteiger partial charge in [0.25, 0.3) is 5.56 Å². The van der Waals surface area contributed by atoms with Gasteiger partial charge in [0.2, 0.25) is 5.88 Å². The third-order valence-electron chi connectivity index (χ3n) is 6.83. The lowest BCUT2D eigenvalue weighted by atomic mass is 9.62. The van der Waals surface area contributed by atoms with Crippen molar-refractivity contribution in [3.05, 3.63) is 86.1 Å². The van der Waals surface area contributed by atoms with Crippen LogP contribution in [0, 0.1) is 5.41 Å². The zero-order valence-corrected chi connectivity index (χ0v) is 19.2. The van der Waals surface area contributed by atoms with Crippen molar-refractivity contribution in [3.63, 3.8) is 0 Å². The maximum absolute atomic E-state index is 13.6. The molecule has 34 heavy (non-hydrogen) atoms. The fourth-order valence-electron chi connectivity index (χ4n) is 5.12. The van der Waals surface area contributed by atoms with E-state index in [0.717, 1.165) is 4.57 Å². The van der Waals surface area contributed by atoms with Crippen molar-refractivity contribution in [1.82, 2.24) is 9.13 Å². The molecule has 9 heteroatoms. The highest BCUT2D eigenvalue weighted by Gasteiger charge is 2.63. The van der Waals surface area contributed by atoms with E-state index in [1.807, 2.05) is 18.2 Å². The van der Waals surface area contributed by atoms with E-state index >= 15 is 0 Å². The molecule has 0 N–H and O–H groups in total. The van der Waals surface area contributed by atoms with Crippen LogP contribution >= 0.6 is 0 Å². The standard InChI is InChI=1S/C25H24N2O7/c1-26-21(28)18-19-16-7-5-6-8-17(16)33-13-25(19,23(29)32-4)20(34-22(18)27(2)24(26)30)14-9-11-15(31-3)12-10-14/h5-12,19-20H,13H2,1-4H3/t19-,20-,25+/m0/s1. The highest BCUT2D eigenvalue weighted by atomic mass is 16.5. The lowest BCUT2D eigenvalue weighted by molar-refractivity contribution is -0.168. The minimum Gasteiger partial charge on any atom is -0.497 e. The molecule has 0 fully saturated rings. The number of rotatable bonds is 3. The summed E-state index contributed by atoms with van der Waals surface area (Å²) in [6, 6.07) is 14.3. The summed E-state index contributed by atoms with van der Waals surface area (Å²) in [5.74, 6) is -0.0322. The molecule has 9 nitrogen and oxygen atoms in total. The van der Waals surface area contributed by atoms with Gasteiger partial charge in [-0.25, -0.2) is 4.79 Å². The van der Waals surface area contributed by atoms with E-state index in [1.165, 1.54) is 18.7 Å². The second-order valence-corrected chi connectivity index (χ2v) is 8.49. The Morgan fingerprint density at radius 3 is 2.41 bits per heavy atom. The normalized spacial score (nSPS) is 22.4. The molecule has 0 saturated heterocycles. The third kappa shape index (κ3) is 2.82. The Kier molecular flexibility index (Phi) is 5.00. The topological polar surface area (TPSA) is 98.0 Å². The van der Waals surface area contributed by atoms with Crippen molar-refractivity contribution in [3.8, 4) is 17.4 Å². The number of benzene rings is 2. The zero-order chi connectivity index (χ0) is 24.2. The van der Waals surface area contributed by atoms with Crippen molar-refractivity contribution >= 4 is 5.97 Å². The largest absolute Gasteiger partial charge is 0.497 e. The zero-order valence-electron chi connectivity index (χ0n) is 19.2. The van der Waals surface area contributed by atoms with Gasteiger partial charge < -0.3 is 18.9 Å². The third-order valence-corrected chi connectivity index (χ3v) is 6.83. The Labute approximate surface area is 195 Å². The predicted molar refractivity (Wildman–Crippen MR) is 122 cm³/mol. The highest BCUT2D eigenvalue weighted by Crippen LogP contribution is 2.59. The fraction of sp³-hybridized carbons (Fsp3) is 0.320. The Balaban J connectivity index is 1.89. The van der Waals surface area contributed by atoms with Gasteiger partial charge >= 0.3 is 11.7 Å². The van der Waals surface area contributed by atoms with Crippen molar-refractivity contribution in [2.75, 3.05) is 20.8 Å². The molecule has 0 saturated carbocycles. The molecule has 0 bridgehead atoms. The van der Waals surface area contributed by atoms with Gasteiger partial charge in [-0.2, -0.15) is 0 Å². The first-order chi connectivity index (χ1) is 16.3. The van der Waals surface area contributed by atoms with Crippen LogP contribution in [-0.4, -0.2) is 35.9 Å². The molecular weight excluding hydrogens is 440 g/mol. The molecule has 3 heterocycles. The second-order valence-electron chi connectivity index (χ2n) is 8.49. The smallest absolute Gasteiger partial charge is 0.333 e. The Hall–Kier alpha value is -4.01. The summed E-state index contributed by atoms with van der Waals surface area (Å²) in [5, 5.41) is 0. The number of ether oxygens (including phenoxy) is 4. The van der Waals surface area contributed by atoms with Crippen LogP contribution in [-0.2, 0) is 23.6 Å². The predicted octanol–water partition coefficient (Wildman–Crippen LogP) is 1.91. The fourth-order valence-corrected chi connectivity index (χ4v) is 5.12. The second kappa shape index (κ2) is 7.79. The van der Waals surface area contributed by atoms with Crippen LogP contribution in [0.4, 0.5) is 0 Å². The Bertz CT molecular complexity index is 1410. The maximum Gasteiger partial charge on any atom is 0.333 e. The monoisotopic (exact) mass is 464 g/mol. The molecule has 3 aromatic rings. The average molecular weight is 464 g/mol. The molecule has 0 spiro atoms. The number of carbonyl (C=O) groups is 1. The van der Waals surface area contributed by atoms with Gasteiger partial charge in [-0.15, -0.1) is 0 Å². The molecule has 176 valence electrons. The summed E-state index contributed by atoms with van der Waals surface area (Å²) in [4.78, 5) is 39.9. The molecule has 5 rings (SSSR count). The van der Waals surface area contributed by atoms with Gasteiger partial charge in [0, 0.05) is 25.6 Å². The number of nitrogens with zero attached hydrogens (tertiary/aromatic N) is 2. The van der Waals surface area contributed by atoms with E-state index in [0.29, 0.717) is 22.6 Å². The van der Waals surface area contributed by atoms with Gasteiger partial charge in [-0.1, -0.05) is 30.3 Å². The van der Waals surface area contributed by atoms with Crippen LogP contribution in [0.15, 0.2) is 58.1 Å². The van der Waals surface area contributed by atoms with Crippen molar-refractivity contribution in [1.29, 1.82) is 0 Å². The van der Waals surface area contributed by atoms with E-state index in [2.05, 4.69) is 0 Å². The van der Waals surface area contributed by atoms with Crippen LogP contribution in [0.2, 0.25) is 0 Å². The van der Waals surface area contributed by atoms with Crippen LogP contribution in [0.1, 0.15) is 28.7 Å². The van der Waals surface area contributed by atoms with E-state index in [4.69, 9.17) is 18.9 Å². The number of para-hydroxylation sites is 1. The Morgan fingerprint density at radius 2 is 1.74 bits per heavy atom. The van der Waals surface area contributed by atoms with Gasteiger partial charge in [-0.05, 0) is 23.8 Å². The molecule has 3 atom stereocenters. The van der Waals surface area contributed by atoms with E-state index < -0.39 is 34.7 Å². The average Bonchev–Trinajstić information content (AvgIpc) is 2.89. The molecule has 2 aliphatic heterocycles. The van der Waals surface area contributed by atoms with E-state index in [1.54, 1.807) is 44.5 Å². The number of hydrogen-bond donors (Lipinski definition) is 0. The van der Waals surface area contributed by atoms with Crippen LogP contribution in [0.25, 0.3) is 0 Å². The highest BCUT2D eigenvalue weighted by molar-refractivity contribution is 5.82. The van der Waals surface area contributed by atoms with Crippen LogP contribution in [0.5, 0.6) is 17.4 Å². The van der Waals surface area contributed by atoms with Crippen LogP contribution in [0.3, 0.4) is 0 Å². The molecule has 0 aliphatic carbocycles. The van der Waals surface area contributed by atoms with Crippen molar-refractivity contribution in [2.24, 2.45) is 19.5 Å². The minimum atomic E-state index is -1.42. The first kappa shape index (κ1) is 21.8. The quantitative estimate of drug-likeness (QED) is 0.546. The van der Waals surface area contributed by atoms with Crippen LogP contribution < -0.4 is 25.5 Å². The number of fused-ring (bicyclic) bond motifs is 5. The summed E-state index contributed by atoms with van der Waals surface area (Å²) in [7, 11) is 5.81. The van der Waals surface area contributed by atoms with Gasteiger partial charge in [0.05, 0.1) is 19.8 Å². The molecular formula is C25H24N2O7. The summed E-state index contributed by atoms with van der Waals surface area (Å²) < 4.78 is 25.3. The number of aromatic nitrogens is 2. The van der Waals surface area contributed by atoms with E-state index in [-0.39, 0.29) is 18.1 Å². The summed E-state index contributed by atoms with van der Waals surface area (Å²) in [5.41, 5.74) is -0.954. The molecule has 0 amide bonds. The van der Waals surface area contributed by atoms with E-state index in [9.17, 15) is 14.4 Å². The molecule has 2 aromatic carbocycles. The first-order valence-corrected chi connectivity index (χ1v) is 10.8. The molecule has 2 aliphatic rings. The number of hydrogen-bond acceptors (Lipinski definition) is 7. The lowest BCUT2D eigenvalue weighted by Crippen LogP contribution is -2.57. The van der Waals surface area contributed by atoms with Crippen molar-refractivity contribution in [2.45, 2.75) is 12.0 Å². The number of carbonyl (C=O) groups excluding carboxylic acids is 1. The van der Waals surface area contributed by atoms with Gasteiger partial charge in [0.15, 0.2) is 5.41 Å². The Morgan fingerprint density at radius 1 is 1.03 bits per heavy atom. The number of methoxy groups -OCH3 is 2. The summed E-state index contributed by atoms with van der Waals surface area (Å²) in [6.07, 6.45) is -0.908. The molecule has 0 unspecified atom stereocenters. The minimum absolute atomic E-state index is 0.0799. The lowest BCUT2D eigenvalue weighted by Gasteiger charge is -2.49. The summed E-state index contributed by atoms with van der Waals surface area (Å²) in [6.45, 7) is -0.0799.